The molecule has 0 radical (unpaired) electrons. The minimum Gasteiger partial charge on any atom is -0.481 e. The molecule has 1 unspecified atom stereocenters. The molecule has 0 spiro atoms. The Morgan fingerprint density at radius 3 is 2.50 bits per heavy atom. The Morgan fingerprint density at radius 1 is 1.18 bits per heavy atom. The number of methoxy groups -OCH3 is 2. The lowest BCUT2D eigenvalue weighted by Crippen LogP contribution is -2.46. The lowest BCUT2D eigenvalue weighted by Gasteiger charge is -2.38. The zero-order valence-electron chi connectivity index (χ0n) is 21.6. The lowest BCUT2D eigenvalue weighted by molar-refractivity contribution is -0.139. The van der Waals surface area contributed by atoms with Gasteiger partial charge in [-0.3, -0.25) is 4.79 Å². The number of nitrogens with one attached hydrogen (secondary N) is 1. The maximum Gasteiger partial charge on any atom is 0.266 e. The van der Waals surface area contributed by atoms with Crippen molar-refractivity contribution in [1.82, 2.24) is 19.9 Å². The number of anilines is 1. The molecule has 204 valence electrons. The maximum atomic E-state index is 14.8. The monoisotopic (exact) mass is 533 g/mol. The molecule has 1 fully saturated rings. The van der Waals surface area contributed by atoms with E-state index in [4.69, 9.17) is 9.47 Å². The normalized spacial score (nSPS) is 16.1. The average molecular weight is 534 g/mol. The molecule has 1 atom stereocenters. The summed E-state index contributed by atoms with van der Waals surface area (Å²) in [6, 6.07) is 4.82. The number of likely N-dealkylation sites (tertiary alicyclic amines) is 1. The molecule has 9 nitrogen and oxygen atoms in total. The van der Waals surface area contributed by atoms with Crippen LogP contribution in [0.3, 0.4) is 0 Å². The van der Waals surface area contributed by atoms with Crippen molar-refractivity contribution in [2.45, 2.75) is 44.8 Å². The van der Waals surface area contributed by atoms with Crippen molar-refractivity contribution < 1.29 is 32.5 Å². The highest BCUT2D eigenvalue weighted by Gasteiger charge is 2.38. The standard InChI is InChI=1S/C26H30F3N5O4/c1-14(16-6-5-7-17(21(16)27)22(28)29)30-23-18-12-19(25(38-4)33-24(18)32-15(2)31-23)26(36)8-10-34(11-9-26)20(35)13-37-3/h5-7,12,14,22,36H,8-11,13H2,1-4H3,(H,30,31,32,33). The molecule has 0 bridgehead atoms. The summed E-state index contributed by atoms with van der Waals surface area (Å²) in [6.45, 7) is 3.88. The fourth-order valence-corrected chi connectivity index (χ4v) is 4.71. The van der Waals surface area contributed by atoms with Crippen LogP contribution in [-0.2, 0) is 15.1 Å². The summed E-state index contributed by atoms with van der Waals surface area (Å²) in [7, 11) is 2.89. The third-order valence-corrected chi connectivity index (χ3v) is 6.78. The minimum atomic E-state index is -2.94. The zero-order valence-corrected chi connectivity index (χ0v) is 21.6. The molecule has 4 rings (SSSR count). The molecule has 3 heterocycles. The predicted molar refractivity (Wildman–Crippen MR) is 134 cm³/mol. The molecule has 1 saturated heterocycles. The lowest BCUT2D eigenvalue weighted by atomic mass is 9.84. The van der Waals surface area contributed by atoms with Crippen LogP contribution in [0, 0.1) is 12.7 Å². The third-order valence-electron chi connectivity index (χ3n) is 6.78. The highest BCUT2D eigenvalue weighted by Crippen LogP contribution is 2.40. The molecule has 0 aliphatic carbocycles. The van der Waals surface area contributed by atoms with E-state index in [0.717, 1.165) is 6.07 Å². The molecule has 2 aromatic heterocycles. The first kappa shape index (κ1) is 27.5. The summed E-state index contributed by atoms with van der Waals surface area (Å²) in [5, 5.41) is 15.1. The number of aromatic nitrogens is 3. The van der Waals surface area contributed by atoms with Gasteiger partial charge in [-0.15, -0.1) is 0 Å². The van der Waals surface area contributed by atoms with Crippen LogP contribution in [0.2, 0.25) is 0 Å². The number of carbonyl (C=O) groups is 1. The molecule has 1 aliphatic rings. The summed E-state index contributed by atoms with van der Waals surface area (Å²) in [4.78, 5) is 27.2. The maximum absolute atomic E-state index is 14.8. The zero-order chi connectivity index (χ0) is 27.6. The summed E-state index contributed by atoms with van der Waals surface area (Å²) in [6.07, 6.45) is -2.46. The van der Waals surface area contributed by atoms with Gasteiger partial charge in [-0.2, -0.15) is 4.98 Å². The van der Waals surface area contributed by atoms with Gasteiger partial charge in [0.1, 0.15) is 24.1 Å². The number of aryl methyl sites for hydroxylation is 1. The SMILES string of the molecule is COCC(=O)N1CCC(O)(c2cc3c(NC(C)c4cccc(C(F)F)c4F)nc(C)nc3nc2OC)CC1. The molecular weight excluding hydrogens is 503 g/mol. The number of alkyl halides is 2. The summed E-state index contributed by atoms with van der Waals surface area (Å²) < 4.78 is 51.7. The van der Waals surface area contributed by atoms with Crippen LogP contribution in [-0.4, -0.2) is 64.8 Å². The van der Waals surface area contributed by atoms with Gasteiger partial charge >= 0.3 is 0 Å². The minimum absolute atomic E-state index is 0.0377. The quantitative estimate of drug-likeness (QED) is 0.447. The van der Waals surface area contributed by atoms with Gasteiger partial charge < -0.3 is 24.8 Å². The molecule has 1 amide bonds. The Kier molecular flexibility index (Phi) is 8.02. The second kappa shape index (κ2) is 11.1. The van der Waals surface area contributed by atoms with Gasteiger partial charge in [-0.05, 0) is 32.8 Å². The van der Waals surface area contributed by atoms with Crippen LogP contribution in [0.15, 0.2) is 24.3 Å². The van der Waals surface area contributed by atoms with Crippen molar-refractivity contribution in [2.24, 2.45) is 0 Å². The van der Waals surface area contributed by atoms with Crippen LogP contribution in [0.25, 0.3) is 11.0 Å². The van der Waals surface area contributed by atoms with E-state index in [9.17, 15) is 23.1 Å². The number of pyridine rings is 1. The fourth-order valence-electron chi connectivity index (χ4n) is 4.71. The Bertz CT molecular complexity index is 1330. The fraction of sp³-hybridized carbons (Fsp3) is 0.462. The average Bonchev–Trinajstić information content (AvgIpc) is 2.88. The number of carbonyl (C=O) groups excluding carboxylic acids is 1. The smallest absolute Gasteiger partial charge is 0.266 e. The third kappa shape index (κ3) is 5.37. The number of fused-ring (bicyclic) bond motifs is 1. The van der Waals surface area contributed by atoms with Gasteiger partial charge in [0, 0.05) is 31.3 Å². The molecule has 1 aromatic carbocycles. The van der Waals surface area contributed by atoms with Crippen molar-refractivity contribution in [3.63, 3.8) is 0 Å². The number of aliphatic hydroxyl groups is 1. The van der Waals surface area contributed by atoms with E-state index < -0.39 is 29.4 Å². The summed E-state index contributed by atoms with van der Waals surface area (Å²) >= 11 is 0. The number of amides is 1. The van der Waals surface area contributed by atoms with Crippen LogP contribution >= 0.6 is 0 Å². The first-order valence-corrected chi connectivity index (χ1v) is 12.1. The highest BCUT2D eigenvalue weighted by molar-refractivity contribution is 5.88. The van der Waals surface area contributed by atoms with Crippen molar-refractivity contribution in [3.8, 4) is 5.88 Å². The van der Waals surface area contributed by atoms with Gasteiger partial charge in [-0.1, -0.05) is 18.2 Å². The Morgan fingerprint density at radius 2 is 1.87 bits per heavy atom. The van der Waals surface area contributed by atoms with Gasteiger partial charge in [0.2, 0.25) is 11.8 Å². The highest BCUT2D eigenvalue weighted by atomic mass is 19.3. The van der Waals surface area contributed by atoms with Gasteiger partial charge in [0.05, 0.1) is 29.7 Å². The Balaban J connectivity index is 1.71. The second-order valence-corrected chi connectivity index (χ2v) is 9.30. The largest absolute Gasteiger partial charge is 0.481 e. The van der Waals surface area contributed by atoms with Crippen molar-refractivity contribution in [1.29, 1.82) is 0 Å². The Hall–Kier alpha value is -3.51. The number of nitrogens with zero attached hydrogens (tertiary/aromatic N) is 4. The molecular formula is C26H30F3N5O4. The molecule has 0 saturated carbocycles. The van der Waals surface area contributed by atoms with Crippen molar-refractivity contribution >= 4 is 22.8 Å². The molecule has 38 heavy (non-hydrogen) atoms. The second-order valence-electron chi connectivity index (χ2n) is 9.30. The molecule has 12 heteroatoms. The van der Waals surface area contributed by atoms with E-state index >= 15 is 0 Å². The summed E-state index contributed by atoms with van der Waals surface area (Å²) in [5.41, 5.74) is -1.28. The predicted octanol–water partition coefficient (Wildman–Crippen LogP) is 4.05. The van der Waals surface area contributed by atoms with Gasteiger partial charge in [-0.25, -0.2) is 23.1 Å². The number of hydrogen-bond acceptors (Lipinski definition) is 8. The molecule has 2 N–H and O–H groups in total. The number of ether oxygens (including phenoxy) is 2. The van der Waals surface area contributed by atoms with Crippen molar-refractivity contribution in [2.75, 3.05) is 39.2 Å². The van der Waals surface area contributed by atoms with E-state index in [1.807, 2.05) is 0 Å². The number of hydrogen-bond donors (Lipinski definition) is 2. The van der Waals surface area contributed by atoms with Crippen LogP contribution < -0.4 is 10.1 Å². The van der Waals surface area contributed by atoms with Crippen molar-refractivity contribution in [3.05, 3.63) is 52.6 Å². The number of piperidine rings is 1. The first-order valence-electron chi connectivity index (χ1n) is 12.1. The van der Waals surface area contributed by atoms with Crippen LogP contribution in [0.1, 0.15) is 54.7 Å². The van der Waals surface area contributed by atoms with E-state index in [-0.39, 0.29) is 42.4 Å². The van der Waals surface area contributed by atoms with Crippen LogP contribution in [0.5, 0.6) is 5.88 Å². The van der Waals surface area contributed by atoms with E-state index in [1.54, 1.807) is 24.8 Å². The van der Waals surface area contributed by atoms with Gasteiger partial charge in [0.15, 0.2) is 5.65 Å². The van der Waals surface area contributed by atoms with E-state index in [1.165, 1.54) is 26.4 Å². The van der Waals surface area contributed by atoms with Crippen LogP contribution in [0.4, 0.5) is 19.0 Å². The summed E-state index contributed by atoms with van der Waals surface area (Å²) in [5.74, 6) is -0.285. The molecule has 1 aliphatic heterocycles. The number of halogens is 3. The van der Waals surface area contributed by atoms with Gasteiger partial charge in [0.25, 0.3) is 6.43 Å². The molecule has 3 aromatic rings. The van der Waals surface area contributed by atoms with E-state index in [0.29, 0.717) is 35.7 Å². The topological polar surface area (TPSA) is 110 Å². The Labute approximate surface area is 218 Å². The first-order chi connectivity index (χ1) is 18.1. The number of benzene rings is 1. The van der Waals surface area contributed by atoms with E-state index in [2.05, 4.69) is 20.3 Å². The number of rotatable bonds is 8.